The minimum atomic E-state index is -0.247. The third-order valence-corrected chi connectivity index (χ3v) is 3.31. The molecule has 1 aromatic rings. The number of hydrogen-bond acceptors (Lipinski definition) is 1. The first kappa shape index (κ1) is 11.8. The highest BCUT2D eigenvalue weighted by molar-refractivity contribution is 5.96. The molecule has 1 unspecified atom stereocenters. The Morgan fingerprint density at radius 3 is 3.00 bits per heavy atom. The van der Waals surface area contributed by atoms with Crippen LogP contribution in [0.15, 0.2) is 24.3 Å². The second kappa shape index (κ2) is 4.70. The number of carbonyl (C=O) groups excluding carboxylic acids is 1. The summed E-state index contributed by atoms with van der Waals surface area (Å²) in [5, 5.41) is 2.56. The molecule has 0 bridgehead atoms. The van der Waals surface area contributed by atoms with Crippen molar-refractivity contribution in [2.24, 2.45) is 0 Å². The van der Waals surface area contributed by atoms with E-state index in [-0.39, 0.29) is 11.7 Å². The summed E-state index contributed by atoms with van der Waals surface area (Å²) in [5.74, 6) is 0.0248. The van der Waals surface area contributed by atoms with Crippen molar-refractivity contribution in [1.29, 1.82) is 0 Å². The molecule has 17 heavy (non-hydrogen) atoms. The van der Waals surface area contributed by atoms with Crippen molar-refractivity contribution in [3.63, 3.8) is 0 Å². The molecule has 0 saturated carbocycles. The van der Waals surface area contributed by atoms with Crippen LogP contribution in [-0.2, 0) is 4.79 Å². The van der Waals surface area contributed by atoms with Crippen LogP contribution < -0.4 is 5.32 Å². The molecule has 1 N–H and O–H groups in total. The summed E-state index contributed by atoms with van der Waals surface area (Å²) >= 11 is 0. The molecular formula is C14H16FNO. The number of nitrogens with one attached hydrogen (secondary N) is 1. The van der Waals surface area contributed by atoms with Crippen molar-refractivity contribution in [3.8, 4) is 0 Å². The predicted molar refractivity (Wildman–Crippen MR) is 66.1 cm³/mol. The van der Waals surface area contributed by atoms with E-state index < -0.39 is 0 Å². The smallest absolute Gasteiger partial charge is 0.244 e. The zero-order valence-corrected chi connectivity index (χ0v) is 10.1. The van der Waals surface area contributed by atoms with Crippen LogP contribution in [0.2, 0.25) is 0 Å². The average molecular weight is 233 g/mol. The van der Waals surface area contributed by atoms with Gasteiger partial charge in [0.05, 0.1) is 0 Å². The van der Waals surface area contributed by atoms with Gasteiger partial charge in [0.2, 0.25) is 5.91 Å². The van der Waals surface area contributed by atoms with E-state index >= 15 is 0 Å². The Morgan fingerprint density at radius 1 is 1.59 bits per heavy atom. The van der Waals surface area contributed by atoms with Gasteiger partial charge in [-0.1, -0.05) is 13.0 Å². The Morgan fingerprint density at radius 2 is 2.35 bits per heavy atom. The number of hydrogen-bond donors (Lipinski definition) is 1. The van der Waals surface area contributed by atoms with E-state index in [0.29, 0.717) is 5.92 Å². The summed E-state index contributed by atoms with van der Waals surface area (Å²) < 4.78 is 13.3. The molecule has 0 aromatic heterocycles. The number of halogens is 1. The molecule has 0 saturated heterocycles. The highest BCUT2D eigenvalue weighted by Gasteiger charge is 2.25. The summed E-state index contributed by atoms with van der Waals surface area (Å²) in [6.45, 7) is 2.11. The largest absolute Gasteiger partial charge is 0.356 e. The number of carbonyl (C=O) groups is 1. The predicted octanol–water partition coefficient (Wildman–Crippen LogP) is 2.85. The fraction of sp³-hybridized carbons (Fsp3) is 0.357. The van der Waals surface area contributed by atoms with E-state index in [9.17, 15) is 9.18 Å². The van der Waals surface area contributed by atoms with Crippen LogP contribution in [0.3, 0.4) is 0 Å². The van der Waals surface area contributed by atoms with E-state index in [0.717, 1.165) is 29.5 Å². The van der Waals surface area contributed by atoms with Crippen LogP contribution in [0.5, 0.6) is 0 Å². The molecule has 3 heteroatoms. The van der Waals surface area contributed by atoms with Crippen molar-refractivity contribution in [2.45, 2.75) is 25.7 Å². The van der Waals surface area contributed by atoms with E-state index in [2.05, 4.69) is 12.2 Å². The summed E-state index contributed by atoms with van der Waals surface area (Å²) in [4.78, 5) is 11.4. The van der Waals surface area contributed by atoms with Gasteiger partial charge in [0.15, 0.2) is 0 Å². The summed E-state index contributed by atoms with van der Waals surface area (Å²) in [6, 6.07) is 4.85. The number of rotatable bonds is 2. The maximum atomic E-state index is 13.3. The lowest BCUT2D eigenvalue weighted by Crippen LogP contribution is -2.14. The van der Waals surface area contributed by atoms with E-state index in [1.54, 1.807) is 13.1 Å². The fourth-order valence-corrected chi connectivity index (χ4v) is 2.38. The topological polar surface area (TPSA) is 29.1 Å². The highest BCUT2D eigenvalue weighted by Crippen LogP contribution is 2.42. The van der Waals surface area contributed by atoms with Gasteiger partial charge in [0, 0.05) is 13.1 Å². The van der Waals surface area contributed by atoms with Gasteiger partial charge in [0.1, 0.15) is 5.82 Å². The molecule has 0 fully saturated rings. The van der Waals surface area contributed by atoms with Gasteiger partial charge in [-0.2, -0.15) is 0 Å². The molecule has 0 spiro atoms. The van der Waals surface area contributed by atoms with Gasteiger partial charge in [-0.05, 0) is 47.6 Å². The lowest BCUT2D eigenvalue weighted by Gasteiger charge is -2.06. The highest BCUT2D eigenvalue weighted by atomic mass is 19.1. The standard InChI is InChI=1S/C14H16FNO/c1-3-9-6-10(7-14(17)16-2)13-8-11(15)4-5-12(9)13/h4-5,7-9H,3,6H2,1-2H3,(H,16,17). The normalized spacial score (nSPS) is 20.4. The van der Waals surface area contributed by atoms with Gasteiger partial charge < -0.3 is 5.32 Å². The zero-order chi connectivity index (χ0) is 12.4. The summed E-state index contributed by atoms with van der Waals surface area (Å²) in [5.41, 5.74) is 2.98. The minimum Gasteiger partial charge on any atom is -0.356 e. The molecule has 2 rings (SSSR count). The lowest BCUT2D eigenvalue weighted by molar-refractivity contribution is -0.116. The Bertz CT molecular complexity index is 479. The third kappa shape index (κ3) is 2.23. The summed E-state index contributed by atoms with van der Waals surface area (Å²) in [6.07, 6.45) is 3.40. The molecule has 1 aromatic carbocycles. The van der Waals surface area contributed by atoms with Gasteiger partial charge in [-0.25, -0.2) is 4.39 Å². The van der Waals surface area contributed by atoms with Crippen LogP contribution in [-0.4, -0.2) is 13.0 Å². The van der Waals surface area contributed by atoms with E-state index in [4.69, 9.17) is 0 Å². The minimum absolute atomic E-state index is 0.132. The monoisotopic (exact) mass is 233 g/mol. The second-order valence-corrected chi connectivity index (χ2v) is 4.32. The number of amides is 1. The number of fused-ring (bicyclic) bond motifs is 1. The van der Waals surface area contributed by atoms with Crippen molar-refractivity contribution < 1.29 is 9.18 Å². The molecule has 1 aliphatic rings. The molecule has 0 heterocycles. The van der Waals surface area contributed by atoms with Crippen LogP contribution in [0.4, 0.5) is 4.39 Å². The average Bonchev–Trinajstić information content (AvgIpc) is 2.66. The number of likely N-dealkylation sites (N-methyl/N-ethyl adjacent to an activating group) is 1. The molecule has 1 aliphatic carbocycles. The van der Waals surface area contributed by atoms with Crippen LogP contribution in [0.25, 0.3) is 5.57 Å². The van der Waals surface area contributed by atoms with Crippen LogP contribution in [0.1, 0.15) is 36.8 Å². The Kier molecular flexibility index (Phi) is 3.27. The molecule has 0 radical (unpaired) electrons. The number of allylic oxidation sites excluding steroid dienone is 1. The van der Waals surface area contributed by atoms with Gasteiger partial charge in [-0.3, -0.25) is 4.79 Å². The van der Waals surface area contributed by atoms with Crippen molar-refractivity contribution in [1.82, 2.24) is 5.32 Å². The Balaban J connectivity index is 2.45. The molecule has 90 valence electrons. The molecule has 1 amide bonds. The van der Waals surface area contributed by atoms with Gasteiger partial charge in [-0.15, -0.1) is 0 Å². The first-order valence-corrected chi connectivity index (χ1v) is 5.87. The zero-order valence-electron chi connectivity index (χ0n) is 10.1. The third-order valence-electron chi connectivity index (χ3n) is 3.31. The fourth-order valence-electron chi connectivity index (χ4n) is 2.38. The van der Waals surface area contributed by atoms with Crippen molar-refractivity contribution in [2.75, 3.05) is 7.05 Å². The Hall–Kier alpha value is -1.64. The van der Waals surface area contributed by atoms with Crippen LogP contribution in [0, 0.1) is 5.82 Å². The van der Waals surface area contributed by atoms with Gasteiger partial charge >= 0.3 is 0 Å². The van der Waals surface area contributed by atoms with E-state index in [1.165, 1.54) is 12.1 Å². The first-order chi connectivity index (χ1) is 8.15. The van der Waals surface area contributed by atoms with Crippen molar-refractivity contribution >= 4 is 11.5 Å². The maximum Gasteiger partial charge on any atom is 0.244 e. The first-order valence-electron chi connectivity index (χ1n) is 5.87. The quantitative estimate of drug-likeness (QED) is 0.782. The molecule has 1 atom stereocenters. The Labute approximate surface area is 101 Å². The van der Waals surface area contributed by atoms with Crippen LogP contribution >= 0.6 is 0 Å². The molecule has 2 nitrogen and oxygen atoms in total. The molecular weight excluding hydrogens is 217 g/mol. The molecule has 0 aliphatic heterocycles. The summed E-state index contributed by atoms with van der Waals surface area (Å²) in [7, 11) is 1.60. The maximum absolute atomic E-state index is 13.3. The van der Waals surface area contributed by atoms with Crippen molar-refractivity contribution in [3.05, 3.63) is 41.2 Å². The van der Waals surface area contributed by atoms with Gasteiger partial charge in [0.25, 0.3) is 0 Å². The SMILES string of the molecule is CCC1CC(=CC(=O)NC)c2cc(F)ccc21. The second-order valence-electron chi connectivity index (χ2n) is 4.32. The number of benzene rings is 1. The van der Waals surface area contributed by atoms with E-state index in [1.807, 2.05) is 6.07 Å². The lowest BCUT2D eigenvalue weighted by atomic mass is 9.99.